The van der Waals surface area contributed by atoms with E-state index in [1.165, 1.54) is 0 Å². The van der Waals surface area contributed by atoms with E-state index in [-0.39, 0.29) is 5.25 Å². The van der Waals surface area contributed by atoms with E-state index >= 15 is 0 Å². The molecular formula is C14H19ClN2O2S. The van der Waals surface area contributed by atoms with E-state index in [1.54, 1.807) is 12.1 Å². The van der Waals surface area contributed by atoms with E-state index < -0.39 is 9.84 Å². The first-order chi connectivity index (χ1) is 9.46. The number of nitrogens with zero attached hydrogens (tertiary/aromatic N) is 2. The first-order valence-electron chi connectivity index (χ1n) is 6.95. The lowest BCUT2D eigenvalue weighted by molar-refractivity contribution is 0.313. The zero-order chi connectivity index (χ0) is 14.3. The molecule has 0 aromatic heterocycles. The molecule has 20 heavy (non-hydrogen) atoms. The summed E-state index contributed by atoms with van der Waals surface area (Å²) in [5.41, 5.74) is 0.921. The fourth-order valence-electron chi connectivity index (χ4n) is 2.53. The van der Waals surface area contributed by atoms with Crippen LogP contribution in [0.4, 0.5) is 5.69 Å². The summed E-state index contributed by atoms with van der Waals surface area (Å²) in [6, 6.07) is 5.22. The molecule has 0 amide bonds. The van der Waals surface area contributed by atoms with E-state index in [2.05, 4.69) is 16.8 Å². The molecule has 1 aromatic carbocycles. The highest BCUT2D eigenvalue weighted by atomic mass is 35.5. The van der Waals surface area contributed by atoms with Crippen LogP contribution >= 0.6 is 11.6 Å². The molecule has 2 aliphatic rings. The van der Waals surface area contributed by atoms with Gasteiger partial charge in [-0.2, -0.15) is 0 Å². The van der Waals surface area contributed by atoms with Crippen molar-refractivity contribution in [2.75, 3.05) is 38.1 Å². The molecule has 0 unspecified atom stereocenters. The van der Waals surface area contributed by atoms with Crippen molar-refractivity contribution >= 4 is 27.1 Å². The molecular weight excluding hydrogens is 296 g/mol. The highest BCUT2D eigenvalue weighted by Crippen LogP contribution is 2.36. The Morgan fingerprint density at radius 3 is 2.35 bits per heavy atom. The van der Waals surface area contributed by atoms with E-state index in [4.69, 9.17) is 11.6 Å². The number of piperazine rings is 1. The summed E-state index contributed by atoms with van der Waals surface area (Å²) in [4.78, 5) is 4.85. The summed E-state index contributed by atoms with van der Waals surface area (Å²) in [6.45, 7) is 3.77. The van der Waals surface area contributed by atoms with Gasteiger partial charge in [0.1, 0.15) is 0 Å². The molecule has 1 aliphatic carbocycles. The van der Waals surface area contributed by atoms with Crippen molar-refractivity contribution in [1.29, 1.82) is 0 Å². The molecule has 1 saturated heterocycles. The van der Waals surface area contributed by atoms with Gasteiger partial charge in [-0.05, 0) is 38.1 Å². The monoisotopic (exact) mass is 314 g/mol. The van der Waals surface area contributed by atoms with Crippen molar-refractivity contribution in [3.63, 3.8) is 0 Å². The van der Waals surface area contributed by atoms with E-state index in [0.29, 0.717) is 9.92 Å². The summed E-state index contributed by atoms with van der Waals surface area (Å²) in [6.07, 6.45) is 1.55. The second-order valence-electron chi connectivity index (χ2n) is 5.68. The van der Waals surface area contributed by atoms with Crippen molar-refractivity contribution in [3.05, 3.63) is 23.2 Å². The number of hydrogen-bond donors (Lipinski definition) is 0. The number of rotatable bonds is 3. The predicted molar refractivity (Wildman–Crippen MR) is 81.4 cm³/mol. The van der Waals surface area contributed by atoms with Gasteiger partial charge in [-0.1, -0.05) is 11.6 Å². The van der Waals surface area contributed by atoms with Crippen molar-refractivity contribution in [2.24, 2.45) is 0 Å². The number of hydrogen-bond acceptors (Lipinski definition) is 4. The lowest BCUT2D eigenvalue weighted by Gasteiger charge is -2.34. The zero-order valence-corrected chi connectivity index (χ0v) is 13.1. The molecule has 0 atom stereocenters. The zero-order valence-electron chi connectivity index (χ0n) is 11.5. The number of anilines is 1. The predicted octanol–water partition coefficient (Wildman–Crippen LogP) is 2.03. The molecule has 1 aromatic rings. The van der Waals surface area contributed by atoms with Gasteiger partial charge in [-0.15, -0.1) is 0 Å². The van der Waals surface area contributed by atoms with Crippen LogP contribution in [0.25, 0.3) is 0 Å². The number of sulfone groups is 1. The first kappa shape index (κ1) is 14.2. The molecule has 1 aliphatic heterocycles. The fraction of sp³-hybridized carbons (Fsp3) is 0.571. The second kappa shape index (κ2) is 5.20. The van der Waals surface area contributed by atoms with Gasteiger partial charge in [0.25, 0.3) is 0 Å². The lowest BCUT2D eigenvalue weighted by Crippen LogP contribution is -2.44. The third kappa shape index (κ3) is 2.80. The Hall–Kier alpha value is -0.780. The highest BCUT2D eigenvalue weighted by Gasteiger charge is 2.37. The summed E-state index contributed by atoms with van der Waals surface area (Å²) in [5.74, 6) is 0. The standard InChI is InChI=1S/C14H19ClN2O2S/c1-16-4-6-17(7-5-16)12-8-11(15)9-14(10-12)20(18,19)13-2-3-13/h8-10,13H,2-7H2,1H3. The van der Waals surface area contributed by atoms with Crippen LogP contribution in [-0.4, -0.2) is 51.8 Å². The number of halogens is 1. The largest absolute Gasteiger partial charge is 0.369 e. The van der Waals surface area contributed by atoms with Gasteiger partial charge < -0.3 is 9.80 Å². The Bertz CT molecular complexity index is 606. The summed E-state index contributed by atoms with van der Waals surface area (Å²) < 4.78 is 24.7. The molecule has 0 N–H and O–H groups in total. The van der Waals surface area contributed by atoms with Gasteiger partial charge in [0, 0.05) is 36.9 Å². The first-order valence-corrected chi connectivity index (χ1v) is 8.87. The third-order valence-electron chi connectivity index (χ3n) is 4.02. The molecule has 6 heteroatoms. The minimum Gasteiger partial charge on any atom is -0.369 e. The molecule has 1 saturated carbocycles. The summed E-state index contributed by atoms with van der Waals surface area (Å²) in [5, 5.41) is 0.307. The molecule has 0 spiro atoms. The normalized spacial score (nSPS) is 21.2. The maximum Gasteiger partial charge on any atom is 0.181 e. The van der Waals surface area contributed by atoms with Gasteiger partial charge in [-0.25, -0.2) is 8.42 Å². The van der Waals surface area contributed by atoms with Crippen molar-refractivity contribution in [1.82, 2.24) is 4.90 Å². The Labute approximate surface area is 125 Å². The van der Waals surface area contributed by atoms with Crippen LogP contribution in [-0.2, 0) is 9.84 Å². The van der Waals surface area contributed by atoms with Gasteiger partial charge in [0.2, 0.25) is 0 Å². The molecule has 0 bridgehead atoms. The van der Waals surface area contributed by atoms with Crippen LogP contribution in [0.2, 0.25) is 5.02 Å². The minimum atomic E-state index is -3.18. The van der Waals surface area contributed by atoms with Gasteiger partial charge in [0.15, 0.2) is 9.84 Å². The Kier molecular flexibility index (Phi) is 3.69. The van der Waals surface area contributed by atoms with E-state index in [0.717, 1.165) is 44.7 Å². The van der Waals surface area contributed by atoms with Gasteiger partial charge >= 0.3 is 0 Å². The lowest BCUT2D eigenvalue weighted by atomic mass is 10.2. The van der Waals surface area contributed by atoms with Crippen molar-refractivity contribution in [3.8, 4) is 0 Å². The molecule has 4 nitrogen and oxygen atoms in total. The van der Waals surface area contributed by atoms with Crippen LogP contribution in [0.3, 0.4) is 0 Å². The van der Waals surface area contributed by atoms with Gasteiger partial charge in [0.05, 0.1) is 10.1 Å². The molecule has 110 valence electrons. The average Bonchev–Trinajstić information content (AvgIpc) is 3.23. The average molecular weight is 315 g/mol. The minimum absolute atomic E-state index is 0.193. The molecule has 1 heterocycles. The molecule has 0 radical (unpaired) electrons. The maximum atomic E-state index is 12.3. The SMILES string of the molecule is CN1CCN(c2cc(Cl)cc(S(=O)(=O)C3CC3)c2)CC1. The summed E-state index contributed by atoms with van der Waals surface area (Å²) >= 11 is 6.13. The van der Waals surface area contributed by atoms with Crippen LogP contribution < -0.4 is 4.90 Å². The number of benzene rings is 1. The third-order valence-corrected chi connectivity index (χ3v) is 6.48. The second-order valence-corrected chi connectivity index (χ2v) is 8.34. The Morgan fingerprint density at radius 2 is 1.75 bits per heavy atom. The van der Waals surface area contributed by atoms with E-state index in [9.17, 15) is 8.42 Å². The van der Waals surface area contributed by atoms with Crippen LogP contribution in [0.15, 0.2) is 23.1 Å². The Balaban J connectivity index is 1.91. The van der Waals surface area contributed by atoms with Crippen molar-refractivity contribution < 1.29 is 8.42 Å². The molecule has 3 rings (SSSR count). The fourth-order valence-corrected chi connectivity index (χ4v) is 4.54. The number of likely N-dealkylation sites (N-methyl/N-ethyl adjacent to an activating group) is 1. The quantitative estimate of drug-likeness (QED) is 0.856. The van der Waals surface area contributed by atoms with Crippen LogP contribution in [0.5, 0.6) is 0 Å². The topological polar surface area (TPSA) is 40.6 Å². The van der Waals surface area contributed by atoms with Crippen LogP contribution in [0.1, 0.15) is 12.8 Å². The van der Waals surface area contributed by atoms with Crippen LogP contribution in [0, 0.1) is 0 Å². The maximum absolute atomic E-state index is 12.3. The highest BCUT2D eigenvalue weighted by molar-refractivity contribution is 7.92. The van der Waals surface area contributed by atoms with Crippen molar-refractivity contribution in [2.45, 2.75) is 23.0 Å². The molecule has 2 fully saturated rings. The smallest absolute Gasteiger partial charge is 0.181 e. The van der Waals surface area contributed by atoms with Gasteiger partial charge in [-0.3, -0.25) is 0 Å². The van der Waals surface area contributed by atoms with E-state index in [1.807, 2.05) is 6.07 Å². The Morgan fingerprint density at radius 1 is 1.10 bits per heavy atom. The summed E-state index contributed by atoms with van der Waals surface area (Å²) in [7, 11) is -1.09.